The largest absolute Gasteiger partial charge is 0.492 e. The van der Waals surface area contributed by atoms with E-state index in [9.17, 15) is 4.79 Å². The number of amides is 1. The molecular formula is C22H27NO2. The lowest BCUT2D eigenvalue weighted by Gasteiger charge is -2.08. The van der Waals surface area contributed by atoms with Crippen LogP contribution in [0.2, 0.25) is 0 Å². The molecule has 1 N–H and O–H groups in total. The van der Waals surface area contributed by atoms with E-state index in [1.54, 1.807) is 6.08 Å². The SMILES string of the molecule is Cc1cc(C)cc(OCCNC(=O)/C=C/c2ccc(C(C)C)cc2)c1. The number of hydrogen-bond donors (Lipinski definition) is 1. The molecule has 0 atom stereocenters. The van der Waals surface area contributed by atoms with Crippen LogP contribution >= 0.6 is 0 Å². The number of hydrogen-bond acceptors (Lipinski definition) is 2. The van der Waals surface area contributed by atoms with Crippen LogP contribution in [0.5, 0.6) is 5.75 Å². The summed E-state index contributed by atoms with van der Waals surface area (Å²) in [6, 6.07) is 14.3. The van der Waals surface area contributed by atoms with E-state index in [1.165, 1.54) is 16.7 Å². The van der Waals surface area contributed by atoms with Crippen LogP contribution in [-0.2, 0) is 4.79 Å². The van der Waals surface area contributed by atoms with Gasteiger partial charge in [-0.3, -0.25) is 4.79 Å². The first-order valence-corrected chi connectivity index (χ1v) is 8.71. The fourth-order valence-electron chi connectivity index (χ4n) is 2.58. The van der Waals surface area contributed by atoms with Crippen molar-refractivity contribution in [3.05, 3.63) is 70.8 Å². The van der Waals surface area contributed by atoms with Crippen LogP contribution in [0, 0.1) is 13.8 Å². The van der Waals surface area contributed by atoms with Crippen molar-refractivity contribution in [1.29, 1.82) is 0 Å². The summed E-state index contributed by atoms with van der Waals surface area (Å²) in [5.74, 6) is 1.24. The summed E-state index contributed by atoms with van der Waals surface area (Å²) >= 11 is 0. The number of nitrogens with one attached hydrogen (secondary N) is 1. The Morgan fingerprint density at radius 3 is 2.32 bits per heavy atom. The molecule has 1 amide bonds. The van der Waals surface area contributed by atoms with Crippen molar-refractivity contribution in [1.82, 2.24) is 5.32 Å². The van der Waals surface area contributed by atoms with Crippen LogP contribution in [0.1, 0.15) is 42.0 Å². The average molecular weight is 337 g/mol. The van der Waals surface area contributed by atoms with Gasteiger partial charge in [0.25, 0.3) is 0 Å². The van der Waals surface area contributed by atoms with Crippen LogP contribution in [-0.4, -0.2) is 19.1 Å². The average Bonchev–Trinajstić information content (AvgIpc) is 2.56. The zero-order valence-electron chi connectivity index (χ0n) is 15.5. The highest BCUT2D eigenvalue weighted by Crippen LogP contribution is 2.16. The molecule has 25 heavy (non-hydrogen) atoms. The number of carbonyl (C=O) groups is 1. The van der Waals surface area contributed by atoms with Crippen molar-refractivity contribution in [3.63, 3.8) is 0 Å². The first-order chi connectivity index (χ1) is 11.9. The summed E-state index contributed by atoms with van der Waals surface area (Å²) in [5.41, 5.74) is 4.66. The summed E-state index contributed by atoms with van der Waals surface area (Å²) in [6.07, 6.45) is 3.38. The quantitative estimate of drug-likeness (QED) is 0.591. The molecule has 0 radical (unpaired) electrons. The van der Waals surface area contributed by atoms with Crippen LogP contribution in [0.4, 0.5) is 0 Å². The maximum absolute atomic E-state index is 11.9. The molecule has 0 saturated carbocycles. The Labute approximate surface area is 150 Å². The van der Waals surface area contributed by atoms with Gasteiger partial charge in [-0.05, 0) is 60.2 Å². The van der Waals surface area contributed by atoms with E-state index in [0.29, 0.717) is 19.1 Å². The van der Waals surface area contributed by atoms with Gasteiger partial charge in [-0.25, -0.2) is 0 Å². The maximum atomic E-state index is 11.9. The molecule has 0 aliphatic rings. The zero-order chi connectivity index (χ0) is 18.2. The maximum Gasteiger partial charge on any atom is 0.244 e. The second kappa shape index (κ2) is 9.07. The second-order valence-corrected chi connectivity index (χ2v) is 6.62. The Morgan fingerprint density at radius 1 is 1.08 bits per heavy atom. The van der Waals surface area contributed by atoms with E-state index < -0.39 is 0 Å². The van der Waals surface area contributed by atoms with Gasteiger partial charge in [-0.2, -0.15) is 0 Å². The lowest BCUT2D eigenvalue weighted by atomic mass is 10.0. The summed E-state index contributed by atoms with van der Waals surface area (Å²) in [7, 11) is 0. The molecule has 0 aliphatic heterocycles. The van der Waals surface area contributed by atoms with Crippen molar-refractivity contribution in [3.8, 4) is 5.75 Å². The molecule has 2 aromatic rings. The molecule has 2 rings (SSSR count). The monoisotopic (exact) mass is 337 g/mol. The topological polar surface area (TPSA) is 38.3 Å². The third kappa shape index (κ3) is 6.46. The Bertz CT molecular complexity index is 710. The standard InChI is InChI=1S/C22H27NO2/c1-16(2)20-8-5-19(6-9-20)7-10-22(24)23-11-12-25-21-14-17(3)13-18(4)15-21/h5-10,13-16H,11-12H2,1-4H3,(H,23,24)/b10-7+. The summed E-state index contributed by atoms with van der Waals surface area (Å²) in [5, 5.41) is 2.83. The minimum atomic E-state index is -0.114. The Morgan fingerprint density at radius 2 is 1.72 bits per heavy atom. The Balaban J connectivity index is 1.74. The molecule has 0 bridgehead atoms. The molecule has 0 unspecified atom stereocenters. The Kier molecular flexibility index (Phi) is 6.81. The summed E-state index contributed by atoms with van der Waals surface area (Å²) < 4.78 is 5.68. The van der Waals surface area contributed by atoms with Crippen molar-refractivity contribution in [2.24, 2.45) is 0 Å². The van der Waals surface area contributed by atoms with E-state index in [0.717, 1.165) is 11.3 Å². The van der Waals surface area contributed by atoms with Crippen LogP contribution < -0.4 is 10.1 Å². The molecule has 0 aliphatic carbocycles. The highest BCUT2D eigenvalue weighted by atomic mass is 16.5. The smallest absolute Gasteiger partial charge is 0.244 e. The van der Waals surface area contributed by atoms with Crippen LogP contribution in [0.15, 0.2) is 48.5 Å². The molecule has 0 fully saturated rings. The first-order valence-electron chi connectivity index (χ1n) is 8.71. The molecule has 0 spiro atoms. The number of rotatable bonds is 7. The number of carbonyl (C=O) groups excluding carboxylic acids is 1. The predicted octanol–water partition coefficient (Wildman–Crippen LogP) is 4.64. The number of benzene rings is 2. The van der Waals surface area contributed by atoms with Crippen LogP contribution in [0.25, 0.3) is 6.08 Å². The number of aryl methyl sites for hydroxylation is 2. The van der Waals surface area contributed by atoms with Gasteiger partial charge in [0.15, 0.2) is 0 Å². The fourth-order valence-corrected chi connectivity index (χ4v) is 2.58. The molecule has 132 valence electrons. The summed E-state index contributed by atoms with van der Waals surface area (Å²) in [6.45, 7) is 9.34. The van der Waals surface area contributed by atoms with Gasteiger partial charge < -0.3 is 10.1 Å². The zero-order valence-corrected chi connectivity index (χ0v) is 15.5. The van der Waals surface area contributed by atoms with E-state index in [2.05, 4.69) is 37.4 Å². The van der Waals surface area contributed by atoms with Crippen LogP contribution in [0.3, 0.4) is 0 Å². The predicted molar refractivity (Wildman–Crippen MR) is 104 cm³/mol. The van der Waals surface area contributed by atoms with Gasteiger partial charge in [0.2, 0.25) is 5.91 Å². The lowest BCUT2D eigenvalue weighted by molar-refractivity contribution is -0.116. The highest BCUT2D eigenvalue weighted by molar-refractivity contribution is 5.91. The molecule has 0 aromatic heterocycles. The van der Waals surface area contributed by atoms with E-state index >= 15 is 0 Å². The minimum absolute atomic E-state index is 0.114. The molecule has 3 heteroatoms. The van der Waals surface area contributed by atoms with Gasteiger partial charge in [-0.15, -0.1) is 0 Å². The third-order valence-electron chi connectivity index (χ3n) is 3.90. The molecule has 3 nitrogen and oxygen atoms in total. The second-order valence-electron chi connectivity index (χ2n) is 6.62. The van der Waals surface area contributed by atoms with Gasteiger partial charge in [0.1, 0.15) is 12.4 Å². The van der Waals surface area contributed by atoms with Gasteiger partial charge >= 0.3 is 0 Å². The number of ether oxygens (including phenoxy) is 1. The lowest BCUT2D eigenvalue weighted by Crippen LogP contribution is -2.26. The molecular weight excluding hydrogens is 310 g/mol. The van der Waals surface area contributed by atoms with Gasteiger partial charge in [-0.1, -0.05) is 44.2 Å². The molecule has 2 aromatic carbocycles. The van der Waals surface area contributed by atoms with Gasteiger partial charge in [0.05, 0.1) is 6.54 Å². The fraction of sp³-hybridized carbons (Fsp3) is 0.318. The third-order valence-corrected chi connectivity index (χ3v) is 3.90. The van der Waals surface area contributed by atoms with Crippen molar-refractivity contribution in [2.75, 3.05) is 13.2 Å². The van der Waals surface area contributed by atoms with Crippen molar-refractivity contribution >= 4 is 12.0 Å². The van der Waals surface area contributed by atoms with E-state index in [4.69, 9.17) is 4.74 Å². The normalized spacial score (nSPS) is 11.1. The molecule has 0 heterocycles. The van der Waals surface area contributed by atoms with E-state index in [-0.39, 0.29) is 5.91 Å². The molecule has 0 saturated heterocycles. The Hall–Kier alpha value is -2.55. The van der Waals surface area contributed by atoms with Crippen molar-refractivity contribution < 1.29 is 9.53 Å². The minimum Gasteiger partial charge on any atom is -0.492 e. The van der Waals surface area contributed by atoms with Gasteiger partial charge in [0, 0.05) is 6.08 Å². The highest BCUT2D eigenvalue weighted by Gasteiger charge is 2.00. The van der Waals surface area contributed by atoms with E-state index in [1.807, 2.05) is 44.2 Å². The summed E-state index contributed by atoms with van der Waals surface area (Å²) in [4.78, 5) is 11.9. The first kappa shape index (κ1) is 18.8. The van der Waals surface area contributed by atoms with Crippen molar-refractivity contribution in [2.45, 2.75) is 33.6 Å².